The average molecular weight is 516 g/mol. The number of aromatic nitrogens is 4. The van der Waals surface area contributed by atoms with Crippen LogP contribution in [0, 0.1) is 6.92 Å². The van der Waals surface area contributed by atoms with Gasteiger partial charge in [-0.05, 0) is 38.5 Å². The molecule has 0 aliphatic heterocycles. The molecule has 3 heterocycles. The van der Waals surface area contributed by atoms with Crippen molar-refractivity contribution in [3.63, 3.8) is 0 Å². The van der Waals surface area contributed by atoms with Crippen LogP contribution in [0.4, 0.5) is 5.00 Å². The standard InChI is InChI=1S/C23H25N5O5S2/c1-5-11-28-19(15-9-8-10-24-12-15)26-27-23(28)34-13-16(29)25-20-17(21(30)32-6-2)14(4)18(35-20)22(31)33-7-3/h5,8-10,12H,1,6-7,11,13H2,2-4H3,(H,25,29). The van der Waals surface area contributed by atoms with Crippen molar-refractivity contribution in [2.45, 2.75) is 32.5 Å². The Hall–Kier alpha value is -3.51. The summed E-state index contributed by atoms with van der Waals surface area (Å²) >= 11 is 2.17. The first kappa shape index (κ1) is 26.1. The number of thioether (sulfide) groups is 1. The van der Waals surface area contributed by atoms with E-state index in [4.69, 9.17) is 9.47 Å². The third-order valence-electron chi connectivity index (χ3n) is 4.62. The van der Waals surface area contributed by atoms with Gasteiger partial charge < -0.3 is 14.8 Å². The van der Waals surface area contributed by atoms with Gasteiger partial charge in [0.25, 0.3) is 0 Å². The predicted molar refractivity (Wildman–Crippen MR) is 134 cm³/mol. The summed E-state index contributed by atoms with van der Waals surface area (Å²) in [6, 6.07) is 3.67. The number of carbonyl (C=O) groups is 3. The summed E-state index contributed by atoms with van der Waals surface area (Å²) in [5.41, 5.74) is 1.34. The van der Waals surface area contributed by atoms with Crippen LogP contribution in [-0.4, -0.2) is 56.6 Å². The number of nitrogens with one attached hydrogen (secondary N) is 1. The summed E-state index contributed by atoms with van der Waals surface area (Å²) in [4.78, 5) is 42.0. The Bertz CT molecular complexity index is 1220. The summed E-state index contributed by atoms with van der Waals surface area (Å²) in [6.45, 7) is 9.57. The van der Waals surface area contributed by atoms with Crippen LogP contribution in [0.3, 0.4) is 0 Å². The molecule has 0 aliphatic rings. The molecule has 1 N–H and O–H groups in total. The number of carbonyl (C=O) groups excluding carboxylic acids is 3. The molecule has 3 aromatic rings. The fraction of sp³-hybridized carbons (Fsp3) is 0.304. The highest BCUT2D eigenvalue weighted by molar-refractivity contribution is 7.99. The lowest BCUT2D eigenvalue weighted by molar-refractivity contribution is -0.113. The second-order valence-corrected chi connectivity index (χ2v) is 8.95. The van der Waals surface area contributed by atoms with E-state index in [-0.39, 0.29) is 40.3 Å². The molecule has 3 aromatic heterocycles. The summed E-state index contributed by atoms with van der Waals surface area (Å²) in [5.74, 6) is -0.953. The van der Waals surface area contributed by atoms with Crippen molar-refractivity contribution in [2.75, 3.05) is 24.3 Å². The number of esters is 2. The van der Waals surface area contributed by atoms with Crippen molar-refractivity contribution in [1.82, 2.24) is 19.7 Å². The van der Waals surface area contributed by atoms with E-state index in [1.54, 1.807) is 45.3 Å². The van der Waals surface area contributed by atoms with Crippen LogP contribution in [0.25, 0.3) is 11.4 Å². The predicted octanol–water partition coefficient (Wildman–Crippen LogP) is 3.98. The summed E-state index contributed by atoms with van der Waals surface area (Å²) in [5, 5.41) is 11.9. The zero-order valence-electron chi connectivity index (χ0n) is 19.6. The minimum Gasteiger partial charge on any atom is -0.462 e. The van der Waals surface area contributed by atoms with Crippen LogP contribution in [-0.2, 0) is 20.8 Å². The number of hydrogen-bond donors (Lipinski definition) is 1. The molecule has 1 amide bonds. The highest BCUT2D eigenvalue weighted by Crippen LogP contribution is 2.34. The molecule has 0 unspecified atom stereocenters. The minimum atomic E-state index is -0.619. The van der Waals surface area contributed by atoms with E-state index in [0.717, 1.165) is 16.9 Å². The van der Waals surface area contributed by atoms with Gasteiger partial charge in [0.1, 0.15) is 9.88 Å². The molecule has 3 rings (SSSR count). The van der Waals surface area contributed by atoms with E-state index in [9.17, 15) is 14.4 Å². The average Bonchev–Trinajstić information content (AvgIpc) is 3.39. The maximum absolute atomic E-state index is 12.8. The van der Waals surface area contributed by atoms with Crippen molar-refractivity contribution in [2.24, 2.45) is 0 Å². The SMILES string of the molecule is C=CCn1c(SCC(=O)Nc2sc(C(=O)OCC)c(C)c2C(=O)OCC)nnc1-c1cccnc1. The van der Waals surface area contributed by atoms with E-state index in [1.807, 2.05) is 10.6 Å². The number of amides is 1. The first-order chi connectivity index (χ1) is 16.9. The third-order valence-corrected chi connectivity index (χ3v) is 6.77. The largest absolute Gasteiger partial charge is 0.462 e. The molecule has 0 spiro atoms. The molecule has 184 valence electrons. The van der Waals surface area contributed by atoms with Crippen molar-refractivity contribution in [3.8, 4) is 11.4 Å². The number of pyridine rings is 1. The minimum absolute atomic E-state index is 0.00370. The van der Waals surface area contributed by atoms with Crippen LogP contribution in [0.1, 0.15) is 39.4 Å². The van der Waals surface area contributed by atoms with Crippen molar-refractivity contribution in [1.29, 1.82) is 0 Å². The lowest BCUT2D eigenvalue weighted by Crippen LogP contribution is -2.17. The molecular weight excluding hydrogens is 490 g/mol. The Morgan fingerprint density at radius 3 is 2.60 bits per heavy atom. The maximum atomic E-state index is 12.8. The molecule has 0 saturated carbocycles. The Morgan fingerprint density at radius 1 is 1.20 bits per heavy atom. The highest BCUT2D eigenvalue weighted by atomic mass is 32.2. The zero-order chi connectivity index (χ0) is 25.4. The second kappa shape index (κ2) is 12.3. The molecule has 0 saturated heterocycles. The van der Waals surface area contributed by atoms with E-state index in [0.29, 0.717) is 23.1 Å². The second-order valence-electron chi connectivity index (χ2n) is 6.99. The van der Waals surface area contributed by atoms with Crippen molar-refractivity contribution >= 4 is 45.9 Å². The van der Waals surface area contributed by atoms with E-state index < -0.39 is 11.9 Å². The smallest absolute Gasteiger partial charge is 0.348 e. The summed E-state index contributed by atoms with van der Waals surface area (Å²) < 4.78 is 12.0. The molecule has 10 nitrogen and oxygen atoms in total. The van der Waals surface area contributed by atoms with Gasteiger partial charge in [0.05, 0.1) is 24.5 Å². The topological polar surface area (TPSA) is 125 Å². The van der Waals surface area contributed by atoms with Gasteiger partial charge in [-0.3, -0.25) is 14.3 Å². The first-order valence-electron chi connectivity index (χ1n) is 10.8. The molecule has 0 aliphatic carbocycles. The van der Waals surface area contributed by atoms with Crippen LogP contribution < -0.4 is 5.32 Å². The monoisotopic (exact) mass is 515 g/mol. The van der Waals surface area contributed by atoms with Gasteiger partial charge in [-0.15, -0.1) is 28.1 Å². The number of nitrogens with zero attached hydrogens (tertiary/aromatic N) is 4. The Labute approximate surface area is 210 Å². The third kappa shape index (κ3) is 6.14. The Balaban J connectivity index is 1.79. The summed E-state index contributed by atoms with van der Waals surface area (Å²) in [6.07, 6.45) is 5.06. The molecular formula is C23H25N5O5S2. The first-order valence-corrected chi connectivity index (χ1v) is 12.6. The lowest BCUT2D eigenvalue weighted by Gasteiger charge is -2.08. The molecule has 0 atom stereocenters. The number of rotatable bonds is 11. The van der Waals surface area contributed by atoms with Gasteiger partial charge in [-0.2, -0.15) is 0 Å². The van der Waals surface area contributed by atoms with Crippen LogP contribution in [0.5, 0.6) is 0 Å². The lowest BCUT2D eigenvalue weighted by atomic mass is 10.1. The fourth-order valence-electron chi connectivity index (χ4n) is 3.13. The molecule has 12 heteroatoms. The number of ether oxygens (including phenoxy) is 2. The van der Waals surface area contributed by atoms with E-state index in [1.165, 1.54) is 11.8 Å². The van der Waals surface area contributed by atoms with Gasteiger partial charge in [0, 0.05) is 24.5 Å². The Kier molecular flexibility index (Phi) is 9.15. The van der Waals surface area contributed by atoms with E-state index in [2.05, 4.69) is 27.1 Å². The zero-order valence-corrected chi connectivity index (χ0v) is 21.2. The maximum Gasteiger partial charge on any atom is 0.348 e. The fourth-order valence-corrected chi connectivity index (χ4v) is 4.99. The van der Waals surface area contributed by atoms with Crippen LogP contribution in [0.2, 0.25) is 0 Å². The quantitative estimate of drug-likeness (QED) is 0.229. The molecule has 0 bridgehead atoms. The number of thiophene rings is 1. The van der Waals surface area contributed by atoms with Gasteiger partial charge in [-0.1, -0.05) is 17.8 Å². The number of allylic oxidation sites excluding steroid dienone is 1. The molecule has 35 heavy (non-hydrogen) atoms. The van der Waals surface area contributed by atoms with E-state index >= 15 is 0 Å². The van der Waals surface area contributed by atoms with Crippen LogP contribution in [0.15, 0.2) is 42.3 Å². The number of anilines is 1. The normalized spacial score (nSPS) is 10.6. The van der Waals surface area contributed by atoms with Gasteiger partial charge in [0.2, 0.25) is 5.91 Å². The molecule has 0 radical (unpaired) electrons. The van der Waals surface area contributed by atoms with Crippen LogP contribution >= 0.6 is 23.1 Å². The highest BCUT2D eigenvalue weighted by Gasteiger charge is 2.27. The van der Waals surface area contributed by atoms with Crippen molar-refractivity contribution in [3.05, 3.63) is 53.2 Å². The van der Waals surface area contributed by atoms with Gasteiger partial charge in [-0.25, -0.2) is 9.59 Å². The summed E-state index contributed by atoms with van der Waals surface area (Å²) in [7, 11) is 0. The molecule has 0 aromatic carbocycles. The Morgan fingerprint density at radius 2 is 1.94 bits per heavy atom. The van der Waals surface area contributed by atoms with Crippen molar-refractivity contribution < 1.29 is 23.9 Å². The van der Waals surface area contributed by atoms with Gasteiger partial charge >= 0.3 is 11.9 Å². The molecule has 0 fully saturated rings. The number of hydrogen-bond acceptors (Lipinski definition) is 10. The van der Waals surface area contributed by atoms with Gasteiger partial charge in [0.15, 0.2) is 11.0 Å².